The molecule has 6 nitrogen and oxygen atoms in total. The van der Waals surface area contributed by atoms with E-state index >= 15 is 0 Å². The summed E-state index contributed by atoms with van der Waals surface area (Å²) in [6, 6.07) is 13.9. The molecule has 0 radical (unpaired) electrons. The van der Waals surface area contributed by atoms with E-state index in [4.69, 9.17) is 0 Å². The summed E-state index contributed by atoms with van der Waals surface area (Å²) in [5.74, 6) is -2.84. The van der Waals surface area contributed by atoms with E-state index in [1.807, 2.05) is 24.3 Å². The minimum absolute atomic E-state index is 0.0123. The molecule has 1 saturated carbocycles. The Morgan fingerprint density at radius 3 is 2.56 bits per heavy atom. The number of hydrogen-bond donors (Lipinski definition) is 3. The van der Waals surface area contributed by atoms with Crippen molar-refractivity contribution >= 4 is 11.8 Å². The second-order valence-electron chi connectivity index (χ2n) is 9.47. The second-order valence-corrected chi connectivity index (χ2v) is 9.47. The summed E-state index contributed by atoms with van der Waals surface area (Å²) in [5.41, 5.74) is 3.05. The first-order chi connectivity index (χ1) is 17.4. The van der Waals surface area contributed by atoms with Crippen molar-refractivity contribution in [2.24, 2.45) is 0 Å². The van der Waals surface area contributed by atoms with Crippen molar-refractivity contribution in [1.29, 1.82) is 5.26 Å². The fourth-order valence-corrected chi connectivity index (χ4v) is 5.33. The molecule has 8 heteroatoms. The quantitative estimate of drug-likeness (QED) is 0.507. The molecule has 36 heavy (non-hydrogen) atoms. The number of benzene rings is 2. The van der Waals surface area contributed by atoms with E-state index in [1.54, 1.807) is 6.92 Å². The van der Waals surface area contributed by atoms with Crippen LogP contribution in [0.4, 0.5) is 8.78 Å². The average molecular weight is 493 g/mol. The van der Waals surface area contributed by atoms with E-state index in [2.05, 4.69) is 22.0 Å². The lowest BCUT2D eigenvalue weighted by Gasteiger charge is -2.30. The molecular formula is C28H30F2N4O2. The van der Waals surface area contributed by atoms with E-state index in [9.17, 15) is 23.6 Å². The van der Waals surface area contributed by atoms with Gasteiger partial charge in [-0.2, -0.15) is 5.26 Å². The van der Waals surface area contributed by atoms with Gasteiger partial charge in [0, 0.05) is 42.7 Å². The van der Waals surface area contributed by atoms with Gasteiger partial charge in [0.05, 0.1) is 11.6 Å². The minimum atomic E-state index is -1.01. The molecule has 0 bridgehead atoms. The normalized spacial score (nSPS) is 22.1. The molecule has 1 aliphatic heterocycles. The molecule has 1 aliphatic carbocycles. The average Bonchev–Trinajstić information content (AvgIpc) is 2.88. The molecule has 188 valence electrons. The molecule has 2 aromatic carbocycles. The summed E-state index contributed by atoms with van der Waals surface area (Å²) >= 11 is 0. The van der Waals surface area contributed by atoms with Crippen LogP contribution >= 0.6 is 0 Å². The molecular weight excluding hydrogens is 462 g/mol. The largest absolute Gasteiger partial charge is 0.351 e. The van der Waals surface area contributed by atoms with Gasteiger partial charge in [0.2, 0.25) is 11.8 Å². The van der Waals surface area contributed by atoms with E-state index in [0.29, 0.717) is 41.9 Å². The van der Waals surface area contributed by atoms with Crippen LogP contribution in [0.1, 0.15) is 67.6 Å². The molecule has 0 saturated heterocycles. The Bertz CT molecular complexity index is 1210. The van der Waals surface area contributed by atoms with Gasteiger partial charge < -0.3 is 16.0 Å². The zero-order valence-electron chi connectivity index (χ0n) is 20.2. The Kier molecular flexibility index (Phi) is 8.11. The highest BCUT2D eigenvalue weighted by molar-refractivity contribution is 5.99. The van der Waals surface area contributed by atoms with Gasteiger partial charge in [-0.15, -0.1) is 0 Å². The first-order valence-corrected chi connectivity index (χ1v) is 12.3. The van der Waals surface area contributed by atoms with Crippen LogP contribution < -0.4 is 16.0 Å². The van der Waals surface area contributed by atoms with Gasteiger partial charge >= 0.3 is 0 Å². The summed E-state index contributed by atoms with van der Waals surface area (Å²) in [6.45, 7) is 2.62. The predicted octanol–water partition coefficient (Wildman–Crippen LogP) is 4.15. The monoisotopic (exact) mass is 492 g/mol. The van der Waals surface area contributed by atoms with Crippen LogP contribution in [-0.4, -0.2) is 30.9 Å². The maximum atomic E-state index is 13.8. The lowest BCUT2D eigenvalue weighted by molar-refractivity contribution is -0.121. The molecule has 4 rings (SSSR count). The highest BCUT2D eigenvalue weighted by atomic mass is 19.2. The van der Waals surface area contributed by atoms with E-state index in [0.717, 1.165) is 48.9 Å². The van der Waals surface area contributed by atoms with Crippen LogP contribution in [0.3, 0.4) is 0 Å². The lowest BCUT2D eigenvalue weighted by atomic mass is 9.80. The van der Waals surface area contributed by atoms with Crippen molar-refractivity contribution in [3.63, 3.8) is 0 Å². The first kappa shape index (κ1) is 25.5. The molecule has 1 heterocycles. The maximum Gasteiger partial charge on any atom is 0.249 e. The smallest absolute Gasteiger partial charge is 0.249 e. The molecule has 1 unspecified atom stereocenters. The molecule has 0 spiro atoms. The molecule has 2 aliphatic rings. The van der Waals surface area contributed by atoms with Gasteiger partial charge in [-0.05, 0) is 67.9 Å². The van der Waals surface area contributed by atoms with Gasteiger partial charge in [0.25, 0.3) is 0 Å². The molecule has 1 fully saturated rings. The van der Waals surface area contributed by atoms with Crippen molar-refractivity contribution in [2.75, 3.05) is 13.1 Å². The van der Waals surface area contributed by atoms with Crippen molar-refractivity contribution in [1.82, 2.24) is 16.0 Å². The summed E-state index contributed by atoms with van der Waals surface area (Å²) in [6.07, 6.45) is 3.98. The van der Waals surface area contributed by atoms with Crippen LogP contribution in [0.5, 0.6) is 0 Å². The number of amides is 2. The van der Waals surface area contributed by atoms with Crippen LogP contribution in [-0.2, 0) is 9.59 Å². The summed E-state index contributed by atoms with van der Waals surface area (Å²) in [5, 5.41) is 18.4. The van der Waals surface area contributed by atoms with Crippen molar-refractivity contribution in [3.05, 3.63) is 82.1 Å². The number of allylic oxidation sites excluding steroid dienone is 1. The molecule has 0 aromatic heterocycles. The number of rotatable bonds is 7. The zero-order valence-corrected chi connectivity index (χ0v) is 20.2. The number of carbonyl (C=O) groups is 2. The highest BCUT2D eigenvalue weighted by Gasteiger charge is 2.32. The number of nitrogens with zero attached hydrogens (tertiary/aromatic N) is 1. The van der Waals surface area contributed by atoms with E-state index in [-0.39, 0.29) is 18.2 Å². The fourth-order valence-electron chi connectivity index (χ4n) is 5.33. The van der Waals surface area contributed by atoms with Crippen LogP contribution in [0.15, 0.2) is 53.7 Å². The Labute approximate surface area is 209 Å². The topological polar surface area (TPSA) is 94.0 Å². The Morgan fingerprint density at radius 1 is 1.08 bits per heavy atom. The predicted molar refractivity (Wildman–Crippen MR) is 132 cm³/mol. The number of nitriles is 1. The third-order valence-electron chi connectivity index (χ3n) is 7.15. The summed E-state index contributed by atoms with van der Waals surface area (Å²) in [7, 11) is 0. The van der Waals surface area contributed by atoms with Crippen LogP contribution in [0, 0.1) is 23.0 Å². The SMILES string of the molecule is CC1=C(C(=O)NCCNC2CCC(c3ccccc3C#N)CC2)C(c2ccc(F)c(F)c2)CC(=O)N1. The third kappa shape index (κ3) is 5.80. The molecule has 2 aromatic rings. The number of carbonyl (C=O) groups excluding carboxylic acids is 2. The van der Waals surface area contributed by atoms with Crippen molar-refractivity contribution in [3.8, 4) is 6.07 Å². The van der Waals surface area contributed by atoms with Gasteiger partial charge in [0.1, 0.15) is 0 Å². The van der Waals surface area contributed by atoms with E-state index < -0.39 is 17.6 Å². The first-order valence-electron chi connectivity index (χ1n) is 12.3. The maximum absolute atomic E-state index is 13.8. The van der Waals surface area contributed by atoms with Gasteiger partial charge in [0.15, 0.2) is 11.6 Å². The number of halogens is 2. The Balaban J connectivity index is 1.29. The number of hydrogen-bond acceptors (Lipinski definition) is 4. The fraction of sp³-hybridized carbons (Fsp3) is 0.393. The minimum Gasteiger partial charge on any atom is -0.351 e. The van der Waals surface area contributed by atoms with Crippen molar-refractivity contribution in [2.45, 2.75) is 56.9 Å². The van der Waals surface area contributed by atoms with Crippen LogP contribution in [0.2, 0.25) is 0 Å². The number of nitrogens with one attached hydrogen (secondary N) is 3. The Morgan fingerprint density at radius 2 is 1.83 bits per heavy atom. The second kappa shape index (κ2) is 11.4. The zero-order chi connectivity index (χ0) is 25.7. The summed E-state index contributed by atoms with van der Waals surface area (Å²) < 4.78 is 27.2. The van der Waals surface area contributed by atoms with E-state index in [1.165, 1.54) is 6.07 Å². The summed E-state index contributed by atoms with van der Waals surface area (Å²) in [4.78, 5) is 25.1. The molecule has 3 N–H and O–H groups in total. The van der Waals surface area contributed by atoms with Gasteiger partial charge in [-0.25, -0.2) is 8.78 Å². The van der Waals surface area contributed by atoms with Crippen molar-refractivity contribution < 1.29 is 18.4 Å². The van der Waals surface area contributed by atoms with Gasteiger partial charge in [-0.3, -0.25) is 9.59 Å². The van der Waals surface area contributed by atoms with Gasteiger partial charge in [-0.1, -0.05) is 24.3 Å². The standard InChI is InChI=1S/C28H30F2N4O2/c1-17-27(23(15-26(35)34-17)19-8-11-24(29)25(30)14-19)28(36)33-13-12-32-21-9-6-18(7-10-21)22-5-3-2-4-20(22)16-31/h2-5,8,11,14,18,21,23,32H,6-7,9-10,12-13,15H2,1H3,(H,33,36)(H,34,35). The highest BCUT2D eigenvalue weighted by Crippen LogP contribution is 2.35. The molecule has 1 atom stereocenters. The molecule has 2 amide bonds. The third-order valence-corrected chi connectivity index (χ3v) is 7.15. The lowest BCUT2D eigenvalue weighted by Crippen LogP contribution is -2.41. The Hall–Kier alpha value is -3.57. The van der Waals surface area contributed by atoms with Crippen LogP contribution in [0.25, 0.3) is 0 Å².